The fourth-order valence-electron chi connectivity index (χ4n) is 3.09. The largest absolute Gasteiger partial charge is 0.417 e. The van der Waals surface area contributed by atoms with Crippen molar-refractivity contribution in [3.05, 3.63) is 0 Å². The average Bonchev–Trinajstić information content (AvgIpc) is 2.46. The second-order valence-corrected chi connectivity index (χ2v) is 10.8. The Labute approximate surface area is 120 Å². The van der Waals surface area contributed by atoms with Crippen LogP contribution in [0.15, 0.2) is 0 Å². The van der Waals surface area contributed by atoms with Gasteiger partial charge in [-0.15, -0.1) is 6.42 Å². The number of terminal acetylenes is 1. The summed E-state index contributed by atoms with van der Waals surface area (Å²) in [6, 6.07) is 3.67. The molecule has 0 aromatic carbocycles. The SMILES string of the molecule is C#CC1(O)CCC(CCO[Si](CC)(CC)CC)CC1. The molecule has 0 atom stereocenters. The summed E-state index contributed by atoms with van der Waals surface area (Å²) in [4.78, 5) is 0. The third-order valence-electron chi connectivity index (χ3n) is 5.07. The highest BCUT2D eigenvalue weighted by Crippen LogP contribution is 2.33. The molecule has 3 heteroatoms. The predicted molar refractivity (Wildman–Crippen MR) is 83.5 cm³/mol. The standard InChI is InChI=1S/C16H30O2Si/c1-5-16(17)12-9-15(10-13-16)11-14-18-19(6-2,7-3)8-4/h1,15,17H,6-14H2,2-4H3. The van der Waals surface area contributed by atoms with Gasteiger partial charge < -0.3 is 9.53 Å². The molecule has 0 aromatic heterocycles. The van der Waals surface area contributed by atoms with Crippen molar-refractivity contribution in [3.63, 3.8) is 0 Å². The molecule has 1 aliphatic rings. The summed E-state index contributed by atoms with van der Waals surface area (Å²) < 4.78 is 6.29. The van der Waals surface area contributed by atoms with Crippen molar-refractivity contribution in [2.45, 2.75) is 76.6 Å². The van der Waals surface area contributed by atoms with Crippen molar-refractivity contribution in [2.24, 2.45) is 5.92 Å². The molecule has 1 aliphatic carbocycles. The van der Waals surface area contributed by atoms with Crippen molar-refractivity contribution < 1.29 is 9.53 Å². The van der Waals surface area contributed by atoms with Crippen LogP contribution in [0.2, 0.25) is 18.1 Å². The van der Waals surface area contributed by atoms with Crippen LogP contribution in [0.3, 0.4) is 0 Å². The van der Waals surface area contributed by atoms with Crippen LogP contribution in [-0.4, -0.2) is 25.6 Å². The van der Waals surface area contributed by atoms with Gasteiger partial charge in [-0.05, 0) is 56.2 Å². The van der Waals surface area contributed by atoms with Gasteiger partial charge in [0.2, 0.25) is 0 Å². The first-order valence-electron chi connectivity index (χ1n) is 7.87. The van der Waals surface area contributed by atoms with Crippen LogP contribution in [-0.2, 0) is 4.43 Å². The lowest BCUT2D eigenvalue weighted by molar-refractivity contribution is 0.0402. The molecule has 1 rings (SSSR count). The summed E-state index contributed by atoms with van der Waals surface area (Å²) in [5.41, 5.74) is -0.827. The van der Waals surface area contributed by atoms with Gasteiger partial charge in [-0.25, -0.2) is 0 Å². The summed E-state index contributed by atoms with van der Waals surface area (Å²) in [5.74, 6) is 3.23. The maximum absolute atomic E-state index is 10.0. The van der Waals surface area contributed by atoms with Crippen LogP contribution >= 0.6 is 0 Å². The Kier molecular flexibility index (Phi) is 6.59. The molecule has 1 fully saturated rings. The minimum Gasteiger partial charge on any atom is -0.417 e. The van der Waals surface area contributed by atoms with E-state index in [1.165, 1.54) is 18.1 Å². The van der Waals surface area contributed by atoms with Crippen molar-refractivity contribution in [2.75, 3.05) is 6.61 Å². The minimum absolute atomic E-state index is 0.686. The zero-order valence-electron chi connectivity index (χ0n) is 12.9. The van der Waals surface area contributed by atoms with E-state index in [1.54, 1.807) is 0 Å². The van der Waals surface area contributed by atoms with Gasteiger partial charge in [0.05, 0.1) is 0 Å². The lowest BCUT2D eigenvalue weighted by Gasteiger charge is -2.33. The molecule has 0 unspecified atom stereocenters. The lowest BCUT2D eigenvalue weighted by Crippen LogP contribution is -2.37. The van der Waals surface area contributed by atoms with Gasteiger partial charge in [-0.2, -0.15) is 0 Å². The van der Waals surface area contributed by atoms with E-state index in [0.29, 0.717) is 5.92 Å². The zero-order valence-corrected chi connectivity index (χ0v) is 13.9. The Morgan fingerprint density at radius 3 is 2.16 bits per heavy atom. The number of aliphatic hydroxyl groups is 1. The average molecular weight is 282 g/mol. The first kappa shape index (κ1) is 16.8. The van der Waals surface area contributed by atoms with E-state index in [0.717, 1.165) is 38.7 Å². The van der Waals surface area contributed by atoms with Crippen LogP contribution in [0, 0.1) is 18.3 Å². The zero-order chi connectivity index (χ0) is 14.4. The molecule has 1 N–H and O–H groups in total. The van der Waals surface area contributed by atoms with Crippen molar-refractivity contribution in [1.29, 1.82) is 0 Å². The Balaban J connectivity index is 2.30. The maximum atomic E-state index is 10.0. The van der Waals surface area contributed by atoms with Gasteiger partial charge in [-0.3, -0.25) is 0 Å². The summed E-state index contributed by atoms with van der Waals surface area (Å²) >= 11 is 0. The van der Waals surface area contributed by atoms with E-state index in [-0.39, 0.29) is 0 Å². The highest BCUT2D eigenvalue weighted by molar-refractivity contribution is 6.73. The molecule has 0 aromatic rings. The maximum Gasteiger partial charge on any atom is 0.191 e. The van der Waals surface area contributed by atoms with Crippen LogP contribution < -0.4 is 0 Å². The molecule has 0 heterocycles. The molecule has 0 amide bonds. The van der Waals surface area contributed by atoms with Crippen LogP contribution in [0.25, 0.3) is 0 Å². The monoisotopic (exact) mass is 282 g/mol. The van der Waals surface area contributed by atoms with E-state index in [2.05, 4.69) is 26.7 Å². The highest BCUT2D eigenvalue weighted by atomic mass is 28.4. The second kappa shape index (κ2) is 7.47. The Bertz CT molecular complexity index is 288. The predicted octanol–water partition coefficient (Wildman–Crippen LogP) is 3.95. The van der Waals surface area contributed by atoms with E-state index >= 15 is 0 Å². The summed E-state index contributed by atoms with van der Waals surface area (Å²) in [7, 11) is -1.42. The molecule has 2 nitrogen and oxygen atoms in total. The van der Waals surface area contributed by atoms with Gasteiger partial charge in [0.25, 0.3) is 0 Å². The third kappa shape index (κ3) is 4.63. The molecule has 0 radical (unpaired) electrons. The molecule has 1 saturated carbocycles. The number of hydrogen-bond acceptors (Lipinski definition) is 2. The van der Waals surface area contributed by atoms with E-state index in [9.17, 15) is 5.11 Å². The topological polar surface area (TPSA) is 29.5 Å². The third-order valence-corrected chi connectivity index (χ3v) is 9.75. The second-order valence-electron chi connectivity index (χ2n) is 6.00. The molecule has 0 aliphatic heterocycles. The van der Waals surface area contributed by atoms with Crippen LogP contribution in [0.5, 0.6) is 0 Å². The number of hydrogen-bond donors (Lipinski definition) is 1. The summed E-state index contributed by atoms with van der Waals surface area (Å²) in [5, 5.41) is 10.0. The van der Waals surface area contributed by atoms with E-state index < -0.39 is 13.9 Å². The normalized spacial score (nSPS) is 28.1. The Hall–Kier alpha value is -0.303. The molecule has 0 bridgehead atoms. The highest BCUT2D eigenvalue weighted by Gasteiger charge is 2.32. The molecular formula is C16H30O2Si. The van der Waals surface area contributed by atoms with E-state index in [1.807, 2.05) is 0 Å². The minimum atomic E-state index is -1.42. The van der Waals surface area contributed by atoms with Crippen LogP contribution in [0.4, 0.5) is 0 Å². The molecule has 0 spiro atoms. The van der Waals surface area contributed by atoms with Crippen molar-refractivity contribution >= 4 is 8.32 Å². The smallest absolute Gasteiger partial charge is 0.191 e. The number of rotatable bonds is 7. The van der Waals surface area contributed by atoms with Gasteiger partial charge in [-0.1, -0.05) is 26.7 Å². The fraction of sp³-hybridized carbons (Fsp3) is 0.875. The molecule has 0 saturated heterocycles. The van der Waals surface area contributed by atoms with Gasteiger partial charge in [0.15, 0.2) is 8.32 Å². The van der Waals surface area contributed by atoms with Crippen molar-refractivity contribution in [3.8, 4) is 12.3 Å². The summed E-state index contributed by atoms with van der Waals surface area (Å²) in [6.45, 7) is 7.72. The lowest BCUT2D eigenvalue weighted by atomic mass is 9.78. The molecule has 110 valence electrons. The summed E-state index contributed by atoms with van der Waals surface area (Å²) in [6.07, 6.45) is 10.1. The van der Waals surface area contributed by atoms with E-state index in [4.69, 9.17) is 10.8 Å². The fourth-order valence-corrected chi connectivity index (χ4v) is 5.75. The first-order valence-corrected chi connectivity index (χ1v) is 10.4. The Morgan fingerprint density at radius 2 is 1.74 bits per heavy atom. The van der Waals surface area contributed by atoms with Gasteiger partial charge >= 0.3 is 0 Å². The van der Waals surface area contributed by atoms with Crippen LogP contribution in [0.1, 0.15) is 52.9 Å². The molecular weight excluding hydrogens is 252 g/mol. The first-order chi connectivity index (χ1) is 9.03. The quantitative estimate of drug-likeness (QED) is 0.566. The molecule has 19 heavy (non-hydrogen) atoms. The van der Waals surface area contributed by atoms with Gasteiger partial charge in [0, 0.05) is 6.61 Å². The van der Waals surface area contributed by atoms with Crippen molar-refractivity contribution in [1.82, 2.24) is 0 Å². The van der Waals surface area contributed by atoms with Gasteiger partial charge in [0.1, 0.15) is 5.60 Å². The Morgan fingerprint density at radius 1 is 1.21 bits per heavy atom.